The predicted octanol–water partition coefficient (Wildman–Crippen LogP) is 4.68. The molecule has 0 saturated heterocycles. The van der Waals surface area contributed by atoms with E-state index in [-0.39, 0.29) is 29.8 Å². The lowest BCUT2D eigenvalue weighted by Crippen LogP contribution is -2.30. The van der Waals surface area contributed by atoms with E-state index in [0.717, 1.165) is 5.56 Å². The largest absolute Gasteiger partial charge is 0.299 e. The maximum atomic E-state index is 12.9. The normalized spacial score (nSPS) is 14.0. The van der Waals surface area contributed by atoms with Crippen molar-refractivity contribution in [3.05, 3.63) is 64.7 Å². The van der Waals surface area contributed by atoms with E-state index in [9.17, 15) is 22.8 Å². The highest BCUT2D eigenvalue weighted by molar-refractivity contribution is 7.92. The molecule has 0 radical (unpaired) electrons. The second kappa shape index (κ2) is 9.59. The number of aryl methyl sites for hydroxylation is 1. The average molecular weight is 470 g/mol. The van der Waals surface area contributed by atoms with Crippen LogP contribution in [-0.2, 0) is 21.1 Å². The van der Waals surface area contributed by atoms with E-state index in [0.29, 0.717) is 48.1 Å². The Labute approximate surface area is 195 Å². The molecule has 7 heteroatoms. The number of carbonyl (C=O) groups is 3. The van der Waals surface area contributed by atoms with Gasteiger partial charge in [-0.25, -0.2) is 13.3 Å². The zero-order valence-corrected chi connectivity index (χ0v) is 20.5. The molecular weight excluding hydrogens is 438 g/mol. The van der Waals surface area contributed by atoms with E-state index in [1.165, 1.54) is 4.90 Å². The molecule has 0 N–H and O–H groups in total. The molecular formula is C26H31NO5S. The Hall–Kier alpha value is -2.80. The highest BCUT2D eigenvalue weighted by Crippen LogP contribution is 2.29. The molecule has 1 aliphatic heterocycles. The van der Waals surface area contributed by atoms with Crippen LogP contribution in [0, 0.1) is 6.92 Å². The molecule has 1 aliphatic rings. The molecule has 0 saturated carbocycles. The minimum Gasteiger partial charge on any atom is -0.299 e. The van der Waals surface area contributed by atoms with Gasteiger partial charge in [-0.05, 0) is 70.4 Å². The summed E-state index contributed by atoms with van der Waals surface area (Å²) in [7, 11) is -3.14. The van der Waals surface area contributed by atoms with E-state index in [2.05, 4.69) is 0 Å². The second-order valence-electron chi connectivity index (χ2n) is 9.62. The van der Waals surface area contributed by atoms with Gasteiger partial charge in [0.1, 0.15) is 5.78 Å². The quantitative estimate of drug-likeness (QED) is 0.393. The standard InChI is InChI=1S/C26H31NO5S/c1-18-9-12-20(13-10-18)27-24(29)22-14-11-19(17-23(22)25(27)30)16-21(28)8-6-5-7-15-33(31,32)26(2,3)4/h9-14,17H,5-8,15-16H2,1-4H3. The first-order valence-electron chi connectivity index (χ1n) is 11.2. The fraction of sp³-hybridized carbons (Fsp3) is 0.423. The van der Waals surface area contributed by atoms with Gasteiger partial charge in [0.15, 0.2) is 9.84 Å². The number of anilines is 1. The number of unbranched alkanes of at least 4 members (excludes halogenated alkanes) is 2. The third-order valence-electron chi connectivity index (χ3n) is 5.95. The van der Waals surface area contributed by atoms with Crippen LogP contribution >= 0.6 is 0 Å². The Bertz CT molecular complexity index is 1170. The molecule has 0 aromatic heterocycles. The van der Waals surface area contributed by atoms with Crippen LogP contribution in [0.3, 0.4) is 0 Å². The minimum absolute atomic E-state index is 0.0285. The summed E-state index contributed by atoms with van der Waals surface area (Å²) in [4.78, 5) is 39.2. The summed E-state index contributed by atoms with van der Waals surface area (Å²) in [6, 6.07) is 12.2. The summed E-state index contributed by atoms with van der Waals surface area (Å²) >= 11 is 0. The smallest absolute Gasteiger partial charge is 0.266 e. The first kappa shape index (κ1) is 24.8. The highest BCUT2D eigenvalue weighted by Gasteiger charge is 2.36. The van der Waals surface area contributed by atoms with Crippen molar-refractivity contribution in [3.63, 3.8) is 0 Å². The van der Waals surface area contributed by atoms with Gasteiger partial charge in [0.2, 0.25) is 0 Å². The number of hydrogen-bond donors (Lipinski definition) is 0. The van der Waals surface area contributed by atoms with E-state index in [1.807, 2.05) is 19.1 Å². The molecule has 6 nitrogen and oxygen atoms in total. The lowest BCUT2D eigenvalue weighted by molar-refractivity contribution is -0.118. The van der Waals surface area contributed by atoms with Crippen molar-refractivity contribution < 1.29 is 22.8 Å². The number of ketones is 1. The van der Waals surface area contributed by atoms with Gasteiger partial charge in [0.25, 0.3) is 11.8 Å². The number of imide groups is 1. The molecule has 0 spiro atoms. The molecule has 2 amide bonds. The Balaban J connectivity index is 1.56. The van der Waals surface area contributed by atoms with Gasteiger partial charge < -0.3 is 0 Å². The van der Waals surface area contributed by atoms with Gasteiger partial charge in [-0.15, -0.1) is 0 Å². The minimum atomic E-state index is -3.14. The van der Waals surface area contributed by atoms with Crippen LogP contribution < -0.4 is 4.90 Å². The Morgan fingerprint density at radius 2 is 1.52 bits per heavy atom. The summed E-state index contributed by atoms with van der Waals surface area (Å²) in [6.45, 7) is 7.02. The van der Waals surface area contributed by atoms with Crippen molar-refractivity contribution in [1.82, 2.24) is 0 Å². The fourth-order valence-corrected chi connectivity index (χ4v) is 4.94. The van der Waals surface area contributed by atoms with E-state index in [1.54, 1.807) is 51.1 Å². The average Bonchev–Trinajstić information content (AvgIpc) is 2.97. The van der Waals surface area contributed by atoms with E-state index < -0.39 is 14.6 Å². The molecule has 0 unspecified atom stereocenters. The summed E-state index contributed by atoms with van der Waals surface area (Å²) in [6.07, 6.45) is 2.37. The lowest BCUT2D eigenvalue weighted by atomic mass is 10.00. The Morgan fingerprint density at radius 1 is 0.879 bits per heavy atom. The van der Waals surface area contributed by atoms with E-state index in [4.69, 9.17) is 0 Å². The maximum absolute atomic E-state index is 12.9. The lowest BCUT2D eigenvalue weighted by Gasteiger charge is -2.18. The molecule has 0 atom stereocenters. The van der Waals surface area contributed by atoms with Gasteiger partial charge in [0.05, 0.1) is 27.3 Å². The molecule has 0 fully saturated rings. The number of nitrogens with zero attached hydrogens (tertiary/aromatic N) is 1. The van der Waals surface area contributed by atoms with Crippen molar-refractivity contribution in [2.45, 2.75) is 64.5 Å². The van der Waals surface area contributed by atoms with Crippen molar-refractivity contribution in [3.8, 4) is 0 Å². The first-order valence-corrected chi connectivity index (χ1v) is 12.9. The summed E-state index contributed by atoms with van der Waals surface area (Å²) in [5.41, 5.74) is 2.92. The third-order valence-corrected chi connectivity index (χ3v) is 8.64. The van der Waals surface area contributed by atoms with Crippen LogP contribution in [0.15, 0.2) is 42.5 Å². The predicted molar refractivity (Wildman–Crippen MR) is 129 cm³/mol. The first-order chi connectivity index (χ1) is 15.4. The highest BCUT2D eigenvalue weighted by atomic mass is 32.2. The van der Waals surface area contributed by atoms with Crippen LogP contribution in [0.25, 0.3) is 0 Å². The summed E-state index contributed by atoms with van der Waals surface area (Å²) in [5, 5.41) is 0. The van der Waals surface area contributed by atoms with Gasteiger partial charge in [-0.3, -0.25) is 14.4 Å². The van der Waals surface area contributed by atoms with Gasteiger partial charge in [0, 0.05) is 12.8 Å². The summed E-state index contributed by atoms with van der Waals surface area (Å²) in [5.74, 6) is -0.584. The van der Waals surface area contributed by atoms with Gasteiger partial charge in [-0.1, -0.05) is 30.2 Å². The number of fused-ring (bicyclic) bond motifs is 1. The number of sulfone groups is 1. The van der Waals surface area contributed by atoms with Crippen LogP contribution in [0.2, 0.25) is 0 Å². The zero-order valence-electron chi connectivity index (χ0n) is 19.7. The molecule has 1 heterocycles. The molecule has 2 aromatic carbocycles. The monoisotopic (exact) mass is 469 g/mol. The maximum Gasteiger partial charge on any atom is 0.266 e. The SMILES string of the molecule is Cc1ccc(N2C(=O)c3ccc(CC(=O)CCCCCS(=O)(=O)C(C)(C)C)cc3C2=O)cc1. The molecule has 176 valence electrons. The topological polar surface area (TPSA) is 88.6 Å². The number of carbonyl (C=O) groups excluding carboxylic acids is 3. The fourth-order valence-electron chi connectivity index (χ4n) is 3.74. The van der Waals surface area contributed by atoms with Crippen LogP contribution in [0.1, 0.15) is 78.3 Å². The second-order valence-corrected chi connectivity index (χ2v) is 12.5. The van der Waals surface area contributed by atoms with Crippen LogP contribution in [0.4, 0.5) is 5.69 Å². The summed E-state index contributed by atoms with van der Waals surface area (Å²) < 4.78 is 23.5. The zero-order chi connectivity index (χ0) is 24.4. The molecule has 33 heavy (non-hydrogen) atoms. The number of amides is 2. The van der Waals surface area contributed by atoms with Gasteiger partial charge in [-0.2, -0.15) is 0 Å². The number of benzene rings is 2. The Kier molecular flexibility index (Phi) is 7.22. The van der Waals surface area contributed by atoms with Gasteiger partial charge >= 0.3 is 0 Å². The van der Waals surface area contributed by atoms with Crippen molar-refractivity contribution in [2.24, 2.45) is 0 Å². The number of hydrogen-bond acceptors (Lipinski definition) is 5. The molecule has 3 rings (SSSR count). The Morgan fingerprint density at radius 3 is 2.15 bits per heavy atom. The molecule has 2 aromatic rings. The number of Topliss-reactive ketones (excluding diaryl/α,β-unsaturated/α-hetero) is 1. The molecule has 0 bridgehead atoms. The van der Waals surface area contributed by atoms with Crippen molar-refractivity contribution in [1.29, 1.82) is 0 Å². The third kappa shape index (κ3) is 5.58. The van der Waals surface area contributed by atoms with E-state index >= 15 is 0 Å². The van der Waals surface area contributed by atoms with Crippen LogP contribution in [0.5, 0.6) is 0 Å². The number of rotatable bonds is 9. The molecule has 0 aliphatic carbocycles. The van der Waals surface area contributed by atoms with Crippen molar-refractivity contribution in [2.75, 3.05) is 10.7 Å². The van der Waals surface area contributed by atoms with Crippen LogP contribution in [-0.4, -0.2) is 36.5 Å². The van der Waals surface area contributed by atoms with Crippen molar-refractivity contribution >= 4 is 33.1 Å².